The van der Waals surface area contributed by atoms with E-state index < -0.39 is 0 Å². The topological polar surface area (TPSA) is 75.4 Å². The van der Waals surface area contributed by atoms with E-state index in [1.807, 2.05) is 59.6 Å². The fourth-order valence-corrected chi connectivity index (χ4v) is 5.28. The van der Waals surface area contributed by atoms with E-state index in [0.29, 0.717) is 30.7 Å². The van der Waals surface area contributed by atoms with Gasteiger partial charge in [0.2, 0.25) is 0 Å². The Morgan fingerprint density at radius 1 is 0.949 bits per heavy atom. The smallest absolute Gasteiger partial charge is 0.254 e. The second-order valence-corrected chi connectivity index (χ2v) is 10.0. The molecular formula is C31H29BN6O. The van der Waals surface area contributed by atoms with Crippen LogP contribution in [0.3, 0.4) is 0 Å². The predicted molar refractivity (Wildman–Crippen MR) is 154 cm³/mol. The van der Waals surface area contributed by atoms with Crippen molar-refractivity contribution in [3.8, 4) is 0 Å². The van der Waals surface area contributed by atoms with Crippen LogP contribution in [0.4, 0.5) is 5.82 Å². The molecule has 0 bridgehead atoms. The fourth-order valence-electron chi connectivity index (χ4n) is 5.28. The third-order valence-electron chi connectivity index (χ3n) is 7.40. The Morgan fingerprint density at radius 2 is 1.72 bits per heavy atom. The summed E-state index contributed by atoms with van der Waals surface area (Å²) in [6.45, 7) is 1.98. The number of hydrogen-bond donors (Lipinski definition) is 1. The van der Waals surface area contributed by atoms with Gasteiger partial charge in [0, 0.05) is 61.5 Å². The van der Waals surface area contributed by atoms with Crippen LogP contribution in [0.15, 0.2) is 91.4 Å². The Bertz CT molecular complexity index is 1580. The van der Waals surface area contributed by atoms with Gasteiger partial charge in [-0.1, -0.05) is 54.6 Å². The van der Waals surface area contributed by atoms with Crippen molar-refractivity contribution >= 4 is 30.7 Å². The minimum atomic E-state index is 0.0993. The number of carbonyl (C=O) groups is 1. The third kappa shape index (κ3) is 5.41. The van der Waals surface area contributed by atoms with E-state index in [9.17, 15) is 4.79 Å². The molecule has 0 unspecified atom stereocenters. The van der Waals surface area contributed by atoms with Crippen LogP contribution in [0.5, 0.6) is 0 Å². The first-order valence-corrected chi connectivity index (χ1v) is 13.3. The summed E-state index contributed by atoms with van der Waals surface area (Å²) in [6, 6.07) is 24.3. The Balaban J connectivity index is 1.17. The van der Waals surface area contributed by atoms with E-state index in [0.717, 1.165) is 47.5 Å². The van der Waals surface area contributed by atoms with Gasteiger partial charge in [0.15, 0.2) is 0 Å². The highest BCUT2D eigenvalue weighted by molar-refractivity contribution is 6.36. The minimum absolute atomic E-state index is 0.0993. The lowest BCUT2D eigenvalue weighted by Gasteiger charge is -2.32. The summed E-state index contributed by atoms with van der Waals surface area (Å²) in [5, 5.41) is 7.89. The number of nitrogens with zero attached hydrogens (tertiary/aromatic N) is 5. The lowest BCUT2D eigenvalue weighted by molar-refractivity contribution is 0.0711. The first kappa shape index (κ1) is 24.9. The molecule has 0 aliphatic carbocycles. The SMILES string of the molecule is [B]c1cnn2c(NCc3cccnc3)cc(C3CCN(C(=O)c4ccccc4Cc4ccccc4)CC3)nc12. The van der Waals surface area contributed by atoms with Crippen molar-refractivity contribution in [2.24, 2.45) is 0 Å². The van der Waals surface area contributed by atoms with Gasteiger partial charge in [-0.25, -0.2) is 4.98 Å². The lowest BCUT2D eigenvalue weighted by Crippen LogP contribution is -2.38. The van der Waals surface area contributed by atoms with Gasteiger partial charge in [0.25, 0.3) is 5.91 Å². The van der Waals surface area contributed by atoms with E-state index in [4.69, 9.17) is 12.8 Å². The van der Waals surface area contributed by atoms with Crippen molar-refractivity contribution < 1.29 is 4.79 Å². The molecule has 1 aliphatic rings. The van der Waals surface area contributed by atoms with Gasteiger partial charge in [0.1, 0.15) is 19.3 Å². The lowest BCUT2D eigenvalue weighted by atomic mass is 9.91. The van der Waals surface area contributed by atoms with Crippen LogP contribution in [0.25, 0.3) is 5.65 Å². The van der Waals surface area contributed by atoms with Gasteiger partial charge in [-0.3, -0.25) is 9.78 Å². The number of hydrogen-bond acceptors (Lipinski definition) is 5. The average molecular weight is 512 g/mol. The van der Waals surface area contributed by atoms with Crippen molar-refractivity contribution in [3.63, 3.8) is 0 Å². The molecule has 7 nitrogen and oxygen atoms in total. The van der Waals surface area contributed by atoms with Crippen molar-refractivity contribution in [1.29, 1.82) is 0 Å². The normalized spacial score (nSPS) is 14.0. The molecule has 3 aromatic heterocycles. The standard InChI is InChI=1S/C31H29BN6O/c32-27-21-35-38-29(34-20-23-9-6-14-33-19-23)18-28(36-30(27)38)24-12-15-37(16-13-24)31(39)26-11-5-4-10-25(26)17-22-7-2-1-3-8-22/h1-11,14,18-19,21,24,34H,12-13,15-17,20H2. The highest BCUT2D eigenvalue weighted by Gasteiger charge is 2.27. The summed E-state index contributed by atoms with van der Waals surface area (Å²) in [4.78, 5) is 24.6. The van der Waals surface area contributed by atoms with Crippen LogP contribution in [0.2, 0.25) is 0 Å². The van der Waals surface area contributed by atoms with Crippen LogP contribution in [-0.4, -0.2) is 51.3 Å². The van der Waals surface area contributed by atoms with Crippen LogP contribution in [-0.2, 0) is 13.0 Å². The molecule has 5 aromatic rings. The summed E-state index contributed by atoms with van der Waals surface area (Å²) in [6.07, 6.45) is 7.66. The number of fused-ring (bicyclic) bond motifs is 1. The second kappa shape index (κ2) is 11.1. The number of carbonyl (C=O) groups excluding carboxylic acids is 1. The zero-order valence-electron chi connectivity index (χ0n) is 21.7. The van der Waals surface area contributed by atoms with Gasteiger partial charge in [-0.15, -0.1) is 0 Å². The molecule has 2 aromatic carbocycles. The number of aromatic nitrogens is 4. The zero-order chi connectivity index (χ0) is 26.6. The van der Waals surface area contributed by atoms with Gasteiger partial charge in [0.05, 0.1) is 0 Å². The van der Waals surface area contributed by atoms with E-state index in [-0.39, 0.29) is 11.8 Å². The molecule has 1 fully saturated rings. The number of piperidine rings is 1. The summed E-state index contributed by atoms with van der Waals surface area (Å²) in [5.41, 5.74) is 6.28. The number of amides is 1. The van der Waals surface area contributed by atoms with E-state index in [1.165, 1.54) is 5.56 Å². The minimum Gasteiger partial charge on any atom is -0.366 e. The fraction of sp³-hybridized carbons (Fsp3) is 0.226. The molecule has 0 saturated carbocycles. The highest BCUT2D eigenvalue weighted by Crippen LogP contribution is 2.30. The van der Waals surface area contributed by atoms with Crippen molar-refractivity contribution in [1.82, 2.24) is 24.5 Å². The van der Waals surface area contributed by atoms with Crippen LogP contribution >= 0.6 is 0 Å². The average Bonchev–Trinajstić information content (AvgIpc) is 3.37. The molecular weight excluding hydrogens is 483 g/mol. The Morgan fingerprint density at radius 3 is 2.51 bits per heavy atom. The van der Waals surface area contributed by atoms with Gasteiger partial charge < -0.3 is 10.2 Å². The largest absolute Gasteiger partial charge is 0.366 e. The third-order valence-corrected chi connectivity index (χ3v) is 7.40. The van der Waals surface area contributed by atoms with Crippen molar-refractivity contribution in [2.45, 2.75) is 31.7 Å². The Labute approximate surface area is 229 Å². The maximum atomic E-state index is 13.6. The molecule has 192 valence electrons. The number of rotatable bonds is 7. The van der Waals surface area contributed by atoms with Crippen LogP contribution < -0.4 is 10.8 Å². The maximum Gasteiger partial charge on any atom is 0.254 e. The number of pyridine rings is 1. The molecule has 1 aliphatic heterocycles. The van der Waals surface area contributed by atoms with E-state index in [2.05, 4.69) is 39.7 Å². The number of benzene rings is 2. The molecule has 2 radical (unpaired) electrons. The molecule has 8 heteroatoms. The highest BCUT2D eigenvalue weighted by atomic mass is 16.2. The Kier molecular flexibility index (Phi) is 7.08. The number of nitrogens with one attached hydrogen (secondary N) is 1. The number of likely N-dealkylation sites (tertiary alicyclic amines) is 1. The van der Waals surface area contributed by atoms with Crippen LogP contribution in [0.1, 0.15) is 51.5 Å². The van der Waals surface area contributed by atoms with Crippen LogP contribution in [0, 0.1) is 0 Å². The quantitative estimate of drug-likeness (QED) is 0.332. The van der Waals surface area contributed by atoms with E-state index in [1.54, 1.807) is 16.9 Å². The first-order chi connectivity index (χ1) is 19.2. The van der Waals surface area contributed by atoms with E-state index >= 15 is 0 Å². The maximum absolute atomic E-state index is 13.6. The Hall–Kier alpha value is -4.46. The van der Waals surface area contributed by atoms with Gasteiger partial charge in [-0.2, -0.15) is 9.61 Å². The van der Waals surface area contributed by atoms with Gasteiger partial charge >= 0.3 is 0 Å². The molecule has 1 N–H and O–H groups in total. The summed E-state index contributed by atoms with van der Waals surface area (Å²) in [5.74, 6) is 1.16. The van der Waals surface area contributed by atoms with Crippen molar-refractivity contribution in [2.75, 3.05) is 18.4 Å². The van der Waals surface area contributed by atoms with Gasteiger partial charge in [-0.05, 0) is 53.5 Å². The monoisotopic (exact) mass is 512 g/mol. The van der Waals surface area contributed by atoms with Crippen molar-refractivity contribution in [3.05, 3.63) is 119 Å². The summed E-state index contributed by atoms with van der Waals surface area (Å²) >= 11 is 0. The molecule has 1 saturated heterocycles. The summed E-state index contributed by atoms with van der Waals surface area (Å²) in [7, 11) is 6.21. The molecule has 0 spiro atoms. The number of anilines is 1. The first-order valence-electron chi connectivity index (χ1n) is 13.3. The molecule has 1 amide bonds. The molecule has 4 heterocycles. The zero-order valence-corrected chi connectivity index (χ0v) is 21.7. The molecule has 6 rings (SSSR count). The predicted octanol–water partition coefficient (Wildman–Crippen LogP) is 4.14. The molecule has 0 atom stereocenters. The second-order valence-electron chi connectivity index (χ2n) is 10.0. The molecule has 39 heavy (non-hydrogen) atoms. The summed E-state index contributed by atoms with van der Waals surface area (Å²) < 4.78 is 1.75.